The third-order valence-corrected chi connectivity index (χ3v) is 12.3. The van der Waals surface area contributed by atoms with Crippen molar-refractivity contribution >= 4 is 23.0 Å². The number of piperidine rings is 1. The van der Waals surface area contributed by atoms with Crippen LogP contribution in [0.15, 0.2) is 35.3 Å². The van der Waals surface area contributed by atoms with Crippen molar-refractivity contribution in [3.63, 3.8) is 0 Å². The van der Waals surface area contributed by atoms with Crippen LogP contribution in [0.5, 0.6) is 11.5 Å². The summed E-state index contributed by atoms with van der Waals surface area (Å²) in [5.41, 5.74) is 4.36. The van der Waals surface area contributed by atoms with Crippen LogP contribution in [0.4, 0.5) is 4.79 Å². The number of unbranched alkanes of at least 4 members (excludes halogenated alkanes) is 2. The molecule has 1 saturated carbocycles. The Morgan fingerprint density at radius 1 is 1.17 bits per heavy atom. The van der Waals surface area contributed by atoms with Crippen LogP contribution < -0.4 is 10.1 Å². The number of rotatable bonds is 11. The van der Waals surface area contributed by atoms with Gasteiger partial charge in [-0.05, 0) is 113 Å². The lowest BCUT2D eigenvalue weighted by Gasteiger charge is -2.62. The average molecular weight is 712 g/mol. The van der Waals surface area contributed by atoms with Crippen molar-refractivity contribution in [3.05, 3.63) is 58.3 Å². The maximum absolute atomic E-state index is 13.4. The van der Waals surface area contributed by atoms with E-state index in [2.05, 4.69) is 53.3 Å². The number of aromatic hydroxyl groups is 1. The number of aromatic amines is 1. The minimum atomic E-state index is -1.02. The highest BCUT2D eigenvalue weighted by molar-refractivity contribution is 5.94. The first-order valence-corrected chi connectivity index (χ1v) is 19.9. The second-order valence-electron chi connectivity index (χ2n) is 17.0. The summed E-state index contributed by atoms with van der Waals surface area (Å²) in [5.74, 6) is 2.02. The molecule has 5 aliphatic rings. The highest BCUT2D eigenvalue weighted by Crippen LogP contribution is 2.69. The van der Waals surface area contributed by atoms with E-state index in [4.69, 9.17) is 14.5 Å². The van der Waals surface area contributed by atoms with Gasteiger partial charge in [-0.1, -0.05) is 38.8 Å². The molecule has 4 atom stereocenters. The summed E-state index contributed by atoms with van der Waals surface area (Å²) < 4.78 is 12.6. The molecule has 0 radical (unpaired) electrons. The number of carbonyl (C=O) groups excluding carboxylic acids is 1. The molecule has 0 unspecified atom stereocenters. The minimum absolute atomic E-state index is 0.00697. The fourth-order valence-electron chi connectivity index (χ4n) is 9.64. The molecule has 8 rings (SSSR count). The summed E-state index contributed by atoms with van der Waals surface area (Å²) in [6.07, 6.45) is 8.40. The van der Waals surface area contributed by atoms with Crippen LogP contribution in [0.25, 0.3) is 10.9 Å². The summed E-state index contributed by atoms with van der Waals surface area (Å²) in [6.45, 7) is 13.7. The Morgan fingerprint density at radius 2 is 1.98 bits per heavy atom. The highest BCUT2D eigenvalue weighted by atomic mass is 16.6. The molecule has 10 heteroatoms. The number of fused-ring (bicyclic) bond motifs is 4. The Morgan fingerprint density at radius 3 is 2.73 bits per heavy atom. The molecular weight excluding hydrogens is 654 g/mol. The highest BCUT2D eigenvalue weighted by Gasteiger charge is 2.72. The summed E-state index contributed by atoms with van der Waals surface area (Å²) in [5, 5.41) is 28.9. The number of carbonyl (C=O) groups is 1. The molecular formula is C42H57N5O5. The SMILES string of the molecule is CCCCN=C(NCCc1ccc2[nH]c3c(c2c1)C[C@@]1(O)[C@@H]2Cc4ccc(O)c5c4[C@@]1(CCN2CC1CC1)[C@H]3O5)N(CCCC)C(=O)OC(C)(C)C. The van der Waals surface area contributed by atoms with Crippen molar-refractivity contribution in [2.45, 2.75) is 128 Å². The van der Waals surface area contributed by atoms with E-state index in [0.29, 0.717) is 37.8 Å². The van der Waals surface area contributed by atoms with E-state index in [1.807, 2.05) is 20.8 Å². The van der Waals surface area contributed by atoms with Crippen molar-refractivity contribution in [3.8, 4) is 11.5 Å². The lowest BCUT2D eigenvalue weighted by molar-refractivity contribution is -0.173. The number of aromatic nitrogens is 1. The van der Waals surface area contributed by atoms with Gasteiger partial charge in [0.05, 0.1) is 16.7 Å². The molecule has 1 amide bonds. The number of H-pyrrole nitrogens is 1. The van der Waals surface area contributed by atoms with Gasteiger partial charge in [-0.15, -0.1) is 0 Å². The summed E-state index contributed by atoms with van der Waals surface area (Å²) in [4.78, 5) is 26.2. The summed E-state index contributed by atoms with van der Waals surface area (Å²) in [6, 6.07) is 10.4. The number of aliphatic hydroxyl groups is 1. The topological polar surface area (TPSA) is 123 Å². The number of benzene rings is 2. The lowest BCUT2D eigenvalue weighted by Crippen LogP contribution is -2.74. The van der Waals surface area contributed by atoms with Crippen LogP contribution in [-0.2, 0) is 29.4 Å². The Balaban J connectivity index is 1.09. The van der Waals surface area contributed by atoms with Crippen molar-refractivity contribution in [2.24, 2.45) is 10.9 Å². The number of likely N-dealkylation sites (tertiary alicyclic amines) is 1. The minimum Gasteiger partial charge on any atom is -0.504 e. The summed E-state index contributed by atoms with van der Waals surface area (Å²) >= 11 is 0. The second kappa shape index (κ2) is 13.3. The predicted molar refractivity (Wildman–Crippen MR) is 203 cm³/mol. The van der Waals surface area contributed by atoms with Gasteiger partial charge in [0.2, 0.25) is 5.96 Å². The van der Waals surface area contributed by atoms with Gasteiger partial charge in [0, 0.05) is 55.1 Å². The molecule has 1 aromatic heterocycles. The number of hydrogen-bond acceptors (Lipinski definition) is 7. The van der Waals surface area contributed by atoms with Gasteiger partial charge in [0.25, 0.3) is 0 Å². The van der Waals surface area contributed by atoms with E-state index in [9.17, 15) is 15.0 Å². The molecule has 2 aromatic carbocycles. The van der Waals surface area contributed by atoms with Gasteiger partial charge in [0.1, 0.15) is 5.60 Å². The largest absolute Gasteiger partial charge is 0.504 e. The van der Waals surface area contributed by atoms with E-state index in [1.54, 1.807) is 11.0 Å². The van der Waals surface area contributed by atoms with Crippen molar-refractivity contribution in [2.75, 3.05) is 32.7 Å². The van der Waals surface area contributed by atoms with Crippen LogP contribution in [0.1, 0.15) is 114 Å². The quantitative estimate of drug-likeness (QED) is 0.0970. The van der Waals surface area contributed by atoms with Crippen molar-refractivity contribution in [1.29, 1.82) is 0 Å². The van der Waals surface area contributed by atoms with Crippen LogP contribution in [-0.4, -0.2) is 87.0 Å². The number of ether oxygens (including phenoxy) is 2. The van der Waals surface area contributed by atoms with E-state index < -0.39 is 22.7 Å². The molecule has 3 aromatic rings. The molecule has 3 aliphatic carbocycles. The number of hydrogen-bond donors (Lipinski definition) is 4. The van der Waals surface area contributed by atoms with E-state index >= 15 is 0 Å². The molecule has 3 heterocycles. The second-order valence-corrected chi connectivity index (χ2v) is 17.0. The number of aliphatic imine (C=N–C) groups is 1. The zero-order valence-corrected chi connectivity index (χ0v) is 31.7. The lowest BCUT2D eigenvalue weighted by atomic mass is 9.49. The Kier molecular flexibility index (Phi) is 9.00. The van der Waals surface area contributed by atoms with Gasteiger partial charge >= 0.3 is 6.09 Å². The standard InChI is InChI=1S/C42H57N5O5/c1-6-8-18-43-38(47(20-9-7-2)39(49)52-40(3,4)5)44-19-16-26-12-14-31-29(22-26)30-24-42(50)33-23-28-13-15-32(48)36-34(28)41(42,37(51-36)35(30)45-31)17-21-46(33)25-27-10-11-27/h12-15,22,27,33,37,45,48,50H,6-11,16-21,23-25H2,1-5H3,(H,43,44)/t33-,37-,41-,42+/m0/s1. The zero-order chi connectivity index (χ0) is 36.4. The predicted octanol–water partition coefficient (Wildman–Crippen LogP) is 6.90. The first kappa shape index (κ1) is 35.3. The van der Waals surface area contributed by atoms with Crippen LogP contribution >= 0.6 is 0 Å². The number of nitrogens with zero attached hydrogens (tertiary/aromatic N) is 3. The van der Waals surface area contributed by atoms with Gasteiger partial charge in [-0.25, -0.2) is 9.69 Å². The van der Waals surface area contributed by atoms with Gasteiger partial charge in [0.15, 0.2) is 17.6 Å². The normalized spacial score (nSPS) is 26.2. The first-order chi connectivity index (χ1) is 25.0. The number of nitrogens with one attached hydrogen (secondary N) is 2. The van der Waals surface area contributed by atoms with Gasteiger partial charge in [-0.2, -0.15) is 0 Å². The average Bonchev–Trinajstić information content (AvgIpc) is 3.74. The van der Waals surface area contributed by atoms with Gasteiger partial charge < -0.3 is 30.0 Å². The molecule has 2 bridgehead atoms. The molecule has 1 saturated heterocycles. The monoisotopic (exact) mass is 711 g/mol. The van der Waals surface area contributed by atoms with E-state index in [0.717, 1.165) is 97.2 Å². The van der Waals surface area contributed by atoms with Crippen molar-refractivity contribution in [1.82, 2.24) is 20.1 Å². The van der Waals surface area contributed by atoms with E-state index in [-0.39, 0.29) is 17.9 Å². The molecule has 2 fully saturated rings. The molecule has 4 N–H and O–H groups in total. The molecule has 280 valence electrons. The Bertz CT molecular complexity index is 1880. The number of phenolic OH excluding ortho intramolecular Hbond substituents is 1. The maximum atomic E-state index is 13.4. The zero-order valence-electron chi connectivity index (χ0n) is 31.7. The van der Waals surface area contributed by atoms with Gasteiger partial charge in [-0.3, -0.25) is 9.89 Å². The fraction of sp³-hybridized carbons (Fsp3) is 0.619. The van der Waals surface area contributed by atoms with Crippen LogP contribution in [0.2, 0.25) is 0 Å². The first-order valence-electron chi connectivity index (χ1n) is 19.9. The van der Waals surface area contributed by atoms with Crippen LogP contribution in [0, 0.1) is 5.92 Å². The maximum Gasteiger partial charge on any atom is 0.417 e. The number of phenols is 1. The number of amides is 1. The van der Waals surface area contributed by atoms with Crippen molar-refractivity contribution < 1.29 is 24.5 Å². The third kappa shape index (κ3) is 5.85. The smallest absolute Gasteiger partial charge is 0.417 e. The van der Waals surface area contributed by atoms with Crippen LogP contribution in [0.3, 0.4) is 0 Å². The molecule has 52 heavy (non-hydrogen) atoms. The Labute approximate surface area is 308 Å². The number of guanidine groups is 1. The molecule has 1 spiro atoms. The van der Waals surface area contributed by atoms with E-state index in [1.165, 1.54) is 18.4 Å². The third-order valence-electron chi connectivity index (χ3n) is 12.3. The molecule has 2 aliphatic heterocycles. The Hall–Kier alpha value is -3.76. The molecule has 10 nitrogen and oxygen atoms in total. The fourth-order valence-corrected chi connectivity index (χ4v) is 9.64. The summed E-state index contributed by atoms with van der Waals surface area (Å²) in [7, 11) is 0.